The SMILES string of the molecule is C1CN(N2CCSCC2)CCO1. The lowest BCUT2D eigenvalue weighted by molar-refractivity contribution is -0.0848. The first kappa shape index (κ1) is 8.81. The zero-order chi connectivity index (χ0) is 8.23. The third kappa shape index (κ3) is 2.13. The Morgan fingerprint density at radius 3 is 2.08 bits per heavy atom. The predicted molar refractivity (Wildman–Crippen MR) is 51.3 cm³/mol. The number of nitrogens with zero attached hydrogens (tertiary/aromatic N) is 2. The summed E-state index contributed by atoms with van der Waals surface area (Å²) in [7, 11) is 0. The summed E-state index contributed by atoms with van der Waals surface area (Å²) in [6.07, 6.45) is 0. The molecule has 4 heteroatoms. The molecule has 2 saturated heterocycles. The molecule has 0 aromatic rings. The average molecular weight is 188 g/mol. The molecule has 0 saturated carbocycles. The third-order valence-corrected chi connectivity index (χ3v) is 3.32. The van der Waals surface area contributed by atoms with E-state index in [4.69, 9.17) is 4.74 Å². The molecule has 2 aliphatic heterocycles. The van der Waals surface area contributed by atoms with Gasteiger partial charge in [-0.2, -0.15) is 11.8 Å². The highest BCUT2D eigenvalue weighted by atomic mass is 32.2. The van der Waals surface area contributed by atoms with Crippen LogP contribution in [0.5, 0.6) is 0 Å². The van der Waals surface area contributed by atoms with Crippen molar-refractivity contribution in [2.45, 2.75) is 0 Å². The fourth-order valence-electron chi connectivity index (χ4n) is 1.67. The van der Waals surface area contributed by atoms with E-state index >= 15 is 0 Å². The van der Waals surface area contributed by atoms with Crippen molar-refractivity contribution in [1.82, 2.24) is 10.0 Å². The molecule has 0 atom stereocenters. The summed E-state index contributed by atoms with van der Waals surface area (Å²) < 4.78 is 5.32. The second kappa shape index (κ2) is 4.46. The average Bonchev–Trinajstić information content (AvgIpc) is 2.21. The molecule has 0 aliphatic carbocycles. The molecule has 12 heavy (non-hydrogen) atoms. The van der Waals surface area contributed by atoms with E-state index in [0.717, 1.165) is 26.3 Å². The first-order valence-electron chi connectivity index (χ1n) is 4.62. The summed E-state index contributed by atoms with van der Waals surface area (Å²) >= 11 is 2.06. The smallest absolute Gasteiger partial charge is 0.0608 e. The summed E-state index contributed by atoms with van der Waals surface area (Å²) in [4.78, 5) is 0. The summed E-state index contributed by atoms with van der Waals surface area (Å²) in [5, 5.41) is 4.93. The van der Waals surface area contributed by atoms with E-state index in [0.29, 0.717) is 0 Å². The first-order valence-corrected chi connectivity index (χ1v) is 5.77. The van der Waals surface area contributed by atoms with E-state index < -0.39 is 0 Å². The minimum Gasteiger partial charge on any atom is -0.379 e. The minimum atomic E-state index is 0.906. The van der Waals surface area contributed by atoms with Crippen molar-refractivity contribution in [2.24, 2.45) is 0 Å². The van der Waals surface area contributed by atoms with E-state index in [9.17, 15) is 0 Å². The number of rotatable bonds is 1. The van der Waals surface area contributed by atoms with Crippen LogP contribution in [0.25, 0.3) is 0 Å². The molecule has 70 valence electrons. The van der Waals surface area contributed by atoms with Crippen LogP contribution in [-0.2, 0) is 4.74 Å². The Balaban J connectivity index is 1.80. The molecule has 0 amide bonds. The highest BCUT2D eigenvalue weighted by Crippen LogP contribution is 2.12. The van der Waals surface area contributed by atoms with Crippen LogP contribution < -0.4 is 0 Å². The van der Waals surface area contributed by atoms with E-state index in [1.165, 1.54) is 24.6 Å². The number of hydrogen-bond donors (Lipinski definition) is 0. The molecule has 2 aliphatic rings. The molecule has 0 aromatic heterocycles. The maximum absolute atomic E-state index is 5.32. The number of hydrazine groups is 1. The first-order chi connectivity index (χ1) is 5.97. The van der Waals surface area contributed by atoms with E-state index in [1.807, 2.05) is 0 Å². The van der Waals surface area contributed by atoms with Crippen molar-refractivity contribution in [1.29, 1.82) is 0 Å². The van der Waals surface area contributed by atoms with Gasteiger partial charge in [0.15, 0.2) is 0 Å². The highest BCUT2D eigenvalue weighted by molar-refractivity contribution is 7.99. The predicted octanol–water partition coefficient (Wildman–Crippen LogP) is 0.282. The molecular weight excluding hydrogens is 172 g/mol. The van der Waals surface area contributed by atoms with Crippen molar-refractivity contribution >= 4 is 11.8 Å². The Morgan fingerprint density at radius 1 is 0.833 bits per heavy atom. The van der Waals surface area contributed by atoms with E-state index in [-0.39, 0.29) is 0 Å². The lowest BCUT2D eigenvalue weighted by Crippen LogP contribution is -2.51. The van der Waals surface area contributed by atoms with E-state index in [2.05, 4.69) is 21.8 Å². The second-order valence-corrected chi connectivity index (χ2v) is 4.36. The highest BCUT2D eigenvalue weighted by Gasteiger charge is 2.19. The van der Waals surface area contributed by atoms with Gasteiger partial charge in [0.1, 0.15) is 0 Å². The van der Waals surface area contributed by atoms with Crippen molar-refractivity contribution in [3.8, 4) is 0 Å². The second-order valence-electron chi connectivity index (χ2n) is 3.13. The fraction of sp³-hybridized carbons (Fsp3) is 1.00. The number of morpholine rings is 1. The summed E-state index contributed by atoms with van der Waals surface area (Å²) in [6.45, 7) is 6.44. The molecular formula is C8H16N2OS. The van der Waals surface area contributed by atoms with Crippen molar-refractivity contribution in [3.63, 3.8) is 0 Å². The zero-order valence-electron chi connectivity index (χ0n) is 7.37. The molecule has 0 spiro atoms. The lowest BCUT2D eigenvalue weighted by Gasteiger charge is -2.39. The number of hydrogen-bond acceptors (Lipinski definition) is 4. The van der Waals surface area contributed by atoms with Gasteiger partial charge in [0, 0.05) is 37.7 Å². The molecule has 2 fully saturated rings. The summed E-state index contributed by atoms with van der Waals surface area (Å²) in [5.74, 6) is 2.58. The molecule has 0 unspecified atom stereocenters. The largest absolute Gasteiger partial charge is 0.379 e. The van der Waals surface area contributed by atoms with Gasteiger partial charge in [0.25, 0.3) is 0 Å². The Labute approximate surface area is 78.0 Å². The van der Waals surface area contributed by atoms with Crippen molar-refractivity contribution in [2.75, 3.05) is 50.9 Å². The third-order valence-electron chi connectivity index (χ3n) is 2.37. The Kier molecular flexibility index (Phi) is 3.28. The Morgan fingerprint density at radius 2 is 1.42 bits per heavy atom. The molecule has 3 nitrogen and oxygen atoms in total. The molecule has 0 radical (unpaired) electrons. The molecule has 0 N–H and O–H groups in total. The maximum atomic E-state index is 5.32. The van der Waals surface area contributed by atoms with Crippen LogP contribution in [-0.4, -0.2) is 60.9 Å². The van der Waals surface area contributed by atoms with Gasteiger partial charge in [-0.25, -0.2) is 10.0 Å². The maximum Gasteiger partial charge on any atom is 0.0608 e. The number of thioether (sulfide) groups is 1. The Hall–Kier alpha value is 0.230. The summed E-state index contributed by atoms with van der Waals surface area (Å²) in [6, 6.07) is 0. The van der Waals surface area contributed by atoms with Gasteiger partial charge in [0.2, 0.25) is 0 Å². The molecule has 0 aromatic carbocycles. The van der Waals surface area contributed by atoms with E-state index in [1.54, 1.807) is 0 Å². The van der Waals surface area contributed by atoms with Crippen LogP contribution in [0.2, 0.25) is 0 Å². The number of ether oxygens (including phenoxy) is 1. The van der Waals surface area contributed by atoms with Crippen LogP contribution in [0.3, 0.4) is 0 Å². The Bertz CT molecular complexity index is 117. The topological polar surface area (TPSA) is 15.7 Å². The van der Waals surface area contributed by atoms with Gasteiger partial charge in [-0.15, -0.1) is 0 Å². The lowest BCUT2D eigenvalue weighted by atomic mass is 10.5. The molecule has 0 bridgehead atoms. The van der Waals surface area contributed by atoms with Gasteiger partial charge in [-0.3, -0.25) is 0 Å². The van der Waals surface area contributed by atoms with Crippen molar-refractivity contribution in [3.05, 3.63) is 0 Å². The van der Waals surface area contributed by atoms with Crippen LogP contribution in [0.15, 0.2) is 0 Å². The minimum absolute atomic E-state index is 0.906. The molecule has 2 rings (SSSR count). The van der Waals surface area contributed by atoms with Crippen LogP contribution >= 0.6 is 11.8 Å². The standard InChI is InChI=1S/C8H16N2OS/c1-5-11-6-2-9(1)10-3-7-12-8-4-10/h1-8H2. The van der Waals surface area contributed by atoms with Gasteiger partial charge >= 0.3 is 0 Å². The van der Waals surface area contributed by atoms with Gasteiger partial charge in [-0.05, 0) is 0 Å². The van der Waals surface area contributed by atoms with Crippen LogP contribution in [0, 0.1) is 0 Å². The monoisotopic (exact) mass is 188 g/mol. The van der Waals surface area contributed by atoms with Crippen LogP contribution in [0.1, 0.15) is 0 Å². The van der Waals surface area contributed by atoms with Crippen molar-refractivity contribution < 1.29 is 4.74 Å². The quantitative estimate of drug-likeness (QED) is 0.587. The summed E-state index contributed by atoms with van der Waals surface area (Å²) in [5.41, 5.74) is 0. The normalized spacial score (nSPS) is 29.0. The van der Waals surface area contributed by atoms with Gasteiger partial charge in [-0.1, -0.05) is 0 Å². The van der Waals surface area contributed by atoms with Crippen LogP contribution in [0.4, 0.5) is 0 Å². The van der Waals surface area contributed by atoms with Gasteiger partial charge < -0.3 is 4.74 Å². The molecule has 2 heterocycles. The zero-order valence-corrected chi connectivity index (χ0v) is 8.18. The van der Waals surface area contributed by atoms with Gasteiger partial charge in [0.05, 0.1) is 13.2 Å². The fourth-order valence-corrected chi connectivity index (χ4v) is 2.56.